The maximum atomic E-state index is 10.4. The Labute approximate surface area is 79.9 Å². The monoisotopic (exact) mass is 201 g/mol. The highest BCUT2D eigenvalue weighted by Crippen LogP contribution is 2.20. The van der Waals surface area contributed by atoms with Crippen LogP contribution < -0.4 is 0 Å². The molecule has 0 amide bonds. The van der Waals surface area contributed by atoms with Gasteiger partial charge in [-0.2, -0.15) is 0 Å². The molecule has 0 aliphatic heterocycles. The maximum Gasteiger partial charge on any atom is 0.146 e. The number of aldehydes is 1. The summed E-state index contributed by atoms with van der Waals surface area (Å²) in [5.74, 6) is 0. The summed E-state index contributed by atoms with van der Waals surface area (Å²) >= 11 is 7.03. The second-order valence-electron chi connectivity index (χ2n) is 2.19. The van der Waals surface area contributed by atoms with Crippen molar-refractivity contribution < 1.29 is 4.79 Å². The van der Waals surface area contributed by atoms with E-state index >= 15 is 0 Å². The second-order valence-corrected chi connectivity index (χ2v) is 3.89. The molecule has 64 valence electrons. The molecule has 0 spiro atoms. The van der Waals surface area contributed by atoms with E-state index in [4.69, 9.17) is 11.6 Å². The first-order valence-corrected chi connectivity index (χ1v) is 4.72. The van der Waals surface area contributed by atoms with Gasteiger partial charge in [-0.3, -0.25) is 4.79 Å². The Morgan fingerprint density at radius 2 is 2.58 bits per heavy atom. The lowest BCUT2D eigenvalue weighted by Crippen LogP contribution is -1.80. The molecule has 1 rings (SSSR count). The summed E-state index contributed by atoms with van der Waals surface area (Å²) in [6.45, 7) is 1.93. The van der Waals surface area contributed by atoms with Crippen LogP contribution in [-0.2, 0) is 4.79 Å². The molecule has 1 aromatic heterocycles. The first kappa shape index (κ1) is 9.42. The average Bonchev–Trinajstić information content (AvgIpc) is 2.47. The van der Waals surface area contributed by atoms with Crippen molar-refractivity contribution in [2.45, 2.75) is 13.3 Å². The number of thiazole rings is 1. The van der Waals surface area contributed by atoms with Gasteiger partial charge in [-0.1, -0.05) is 18.5 Å². The smallest absolute Gasteiger partial charge is 0.146 e. The molecular formula is C8H8ClNOS. The molecule has 2 nitrogen and oxygen atoms in total. The summed E-state index contributed by atoms with van der Waals surface area (Å²) in [7, 11) is 0. The van der Waals surface area contributed by atoms with Crippen molar-refractivity contribution in [1.82, 2.24) is 4.98 Å². The van der Waals surface area contributed by atoms with E-state index in [1.807, 2.05) is 6.92 Å². The van der Waals surface area contributed by atoms with Crippen LogP contribution in [0.3, 0.4) is 0 Å². The van der Waals surface area contributed by atoms with Crippen LogP contribution in [0.25, 0.3) is 6.08 Å². The van der Waals surface area contributed by atoms with E-state index in [9.17, 15) is 4.79 Å². The number of halogens is 1. The Bertz CT molecular complexity index is 306. The van der Waals surface area contributed by atoms with E-state index in [0.717, 1.165) is 23.3 Å². The molecule has 1 aromatic rings. The average molecular weight is 202 g/mol. The molecule has 1 heterocycles. The van der Waals surface area contributed by atoms with E-state index < -0.39 is 0 Å². The number of allylic oxidation sites excluding steroid dienone is 1. The minimum atomic E-state index is 0.641. The maximum absolute atomic E-state index is 10.4. The van der Waals surface area contributed by atoms with Crippen molar-refractivity contribution in [1.29, 1.82) is 0 Å². The van der Waals surface area contributed by atoms with Gasteiger partial charge in [0.05, 0.1) is 6.20 Å². The Morgan fingerprint density at radius 1 is 1.83 bits per heavy atom. The van der Waals surface area contributed by atoms with Gasteiger partial charge in [-0.25, -0.2) is 4.98 Å². The zero-order chi connectivity index (χ0) is 8.97. The molecule has 4 heteroatoms. The van der Waals surface area contributed by atoms with Crippen molar-refractivity contribution in [3.63, 3.8) is 0 Å². The summed E-state index contributed by atoms with van der Waals surface area (Å²) in [6.07, 6.45) is 4.90. The Morgan fingerprint density at radius 3 is 3.00 bits per heavy atom. The summed E-state index contributed by atoms with van der Waals surface area (Å²) in [6, 6.07) is 0. The van der Waals surface area contributed by atoms with Crippen LogP contribution >= 0.6 is 22.9 Å². The standard InChI is InChI=1S/C8H8ClNOS/c1-2-6(5-11)3-8-10-4-7(9)12-8/h3-5H,2H2,1H3/b6-3-. The van der Waals surface area contributed by atoms with Crippen LogP contribution in [0.5, 0.6) is 0 Å². The van der Waals surface area contributed by atoms with Gasteiger partial charge in [0.2, 0.25) is 0 Å². The molecular weight excluding hydrogens is 194 g/mol. The molecule has 0 atom stereocenters. The fraction of sp³-hybridized carbons (Fsp3) is 0.250. The van der Waals surface area contributed by atoms with Crippen molar-refractivity contribution in [2.24, 2.45) is 0 Å². The molecule has 0 N–H and O–H groups in total. The number of rotatable bonds is 3. The number of hydrogen-bond donors (Lipinski definition) is 0. The lowest BCUT2D eigenvalue weighted by atomic mass is 10.2. The number of hydrogen-bond acceptors (Lipinski definition) is 3. The van der Waals surface area contributed by atoms with Gasteiger partial charge in [0, 0.05) is 0 Å². The zero-order valence-electron chi connectivity index (χ0n) is 6.58. The molecule has 0 saturated heterocycles. The van der Waals surface area contributed by atoms with Gasteiger partial charge in [0.25, 0.3) is 0 Å². The van der Waals surface area contributed by atoms with Crippen molar-refractivity contribution in [2.75, 3.05) is 0 Å². The third kappa shape index (κ3) is 2.43. The molecule has 0 unspecified atom stereocenters. The van der Waals surface area contributed by atoms with Gasteiger partial charge in [-0.05, 0) is 18.1 Å². The Kier molecular flexibility index (Phi) is 3.44. The first-order chi connectivity index (χ1) is 5.76. The number of carbonyl (C=O) groups is 1. The van der Waals surface area contributed by atoms with Crippen molar-refractivity contribution in [3.8, 4) is 0 Å². The largest absolute Gasteiger partial charge is 0.298 e. The predicted octanol–water partition coefficient (Wildman–Crippen LogP) is 2.79. The van der Waals surface area contributed by atoms with E-state index in [1.165, 1.54) is 11.3 Å². The lowest BCUT2D eigenvalue weighted by Gasteiger charge is -1.88. The third-order valence-electron chi connectivity index (χ3n) is 1.36. The molecule has 0 aliphatic carbocycles. The fourth-order valence-corrected chi connectivity index (χ4v) is 1.62. The van der Waals surface area contributed by atoms with Crippen molar-refractivity contribution >= 4 is 35.3 Å². The second kappa shape index (κ2) is 4.38. The van der Waals surface area contributed by atoms with E-state index in [-0.39, 0.29) is 0 Å². The Balaban J connectivity index is 2.85. The van der Waals surface area contributed by atoms with E-state index in [1.54, 1.807) is 12.3 Å². The van der Waals surface area contributed by atoms with Crippen molar-refractivity contribution in [3.05, 3.63) is 21.1 Å². The van der Waals surface area contributed by atoms with Crippen LogP contribution in [0.2, 0.25) is 4.34 Å². The topological polar surface area (TPSA) is 30.0 Å². The fourth-order valence-electron chi connectivity index (χ4n) is 0.712. The number of carbonyl (C=O) groups excluding carboxylic acids is 1. The molecule has 0 bridgehead atoms. The normalized spacial score (nSPS) is 11.7. The Hall–Kier alpha value is -0.670. The lowest BCUT2D eigenvalue weighted by molar-refractivity contribution is -0.104. The van der Waals surface area contributed by atoms with Gasteiger partial charge < -0.3 is 0 Å². The van der Waals surface area contributed by atoms with E-state index in [2.05, 4.69) is 4.98 Å². The van der Waals surface area contributed by atoms with Gasteiger partial charge in [-0.15, -0.1) is 11.3 Å². The highest BCUT2D eigenvalue weighted by Gasteiger charge is 1.97. The van der Waals surface area contributed by atoms with Crippen LogP contribution in [-0.4, -0.2) is 11.3 Å². The summed E-state index contributed by atoms with van der Waals surface area (Å²) in [5, 5.41) is 0.781. The molecule has 12 heavy (non-hydrogen) atoms. The SMILES string of the molecule is CC/C(C=O)=C/c1ncc(Cl)s1. The molecule has 0 fully saturated rings. The molecule has 0 aromatic carbocycles. The van der Waals surface area contributed by atoms with Crippen LogP contribution in [0.4, 0.5) is 0 Å². The molecule has 0 aliphatic rings. The summed E-state index contributed by atoms with van der Waals surface area (Å²) in [4.78, 5) is 14.4. The number of nitrogens with zero attached hydrogens (tertiary/aromatic N) is 1. The minimum Gasteiger partial charge on any atom is -0.298 e. The molecule has 0 saturated carbocycles. The quantitative estimate of drug-likeness (QED) is 0.556. The van der Waals surface area contributed by atoms with E-state index in [0.29, 0.717) is 4.34 Å². The van der Waals surface area contributed by atoms with Gasteiger partial charge >= 0.3 is 0 Å². The highest BCUT2D eigenvalue weighted by atomic mass is 35.5. The summed E-state index contributed by atoms with van der Waals surface area (Å²) < 4.78 is 0.641. The van der Waals surface area contributed by atoms with Gasteiger partial charge in [0.1, 0.15) is 15.6 Å². The van der Waals surface area contributed by atoms with Crippen LogP contribution in [0, 0.1) is 0 Å². The predicted molar refractivity (Wildman–Crippen MR) is 51.5 cm³/mol. The van der Waals surface area contributed by atoms with Gasteiger partial charge in [0.15, 0.2) is 0 Å². The zero-order valence-corrected chi connectivity index (χ0v) is 8.15. The van der Waals surface area contributed by atoms with Crippen LogP contribution in [0.1, 0.15) is 18.4 Å². The highest BCUT2D eigenvalue weighted by molar-refractivity contribution is 7.16. The summed E-state index contributed by atoms with van der Waals surface area (Å²) in [5.41, 5.74) is 0.737. The minimum absolute atomic E-state index is 0.641. The third-order valence-corrected chi connectivity index (χ3v) is 2.43. The first-order valence-electron chi connectivity index (χ1n) is 3.53. The molecule has 0 radical (unpaired) electrons. The number of aromatic nitrogens is 1. The van der Waals surface area contributed by atoms with Crippen LogP contribution in [0.15, 0.2) is 11.8 Å².